The fourth-order valence-electron chi connectivity index (χ4n) is 10.7. The van der Waals surface area contributed by atoms with Crippen molar-refractivity contribution in [2.24, 2.45) is 28.6 Å². The molecule has 7 atom stereocenters. The molecular formula is C41H46N2O7. The number of ether oxygens (including phenoxy) is 2. The van der Waals surface area contributed by atoms with Gasteiger partial charge in [-0.15, -0.1) is 0 Å². The van der Waals surface area contributed by atoms with E-state index >= 15 is 0 Å². The molecule has 6 aliphatic rings. The van der Waals surface area contributed by atoms with E-state index in [2.05, 4.69) is 19.9 Å². The molecule has 262 valence electrons. The molecule has 9 rings (SSSR count). The van der Waals surface area contributed by atoms with E-state index in [9.17, 15) is 24.3 Å². The summed E-state index contributed by atoms with van der Waals surface area (Å²) in [6, 6.07) is 11.6. The second-order valence-electron chi connectivity index (χ2n) is 15.9. The fraction of sp³-hybridized carbons (Fsp3) is 0.537. The van der Waals surface area contributed by atoms with Crippen LogP contribution in [0.3, 0.4) is 0 Å². The Hall–Kier alpha value is -4.11. The largest absolute Gasteiger partial charge is 0.462 e. The van der Waals surface area contributed by atoms with E-state index in [0.29, 0.717) is 46.9 Å². The van der Waals surface area contributed by atoms with Crippen LogP contribution in [0.1, 0.15) is 102 Å². The number of carbonyl (C=O) groups is 3. The first-order valence-corrected chi connectivity index (χ1v) is 18.3. The zero-order valence-electron chi connectivity index (χ0n) is 29.4. The van der Waals surface area contributed by atoms with E-state index in [1.165, 1.54) is 18.9 Å². The molecule has 3 aromatic rings. The molecular weight excluding hydrogens is 632 g/mol. The van der Waals surface area contributed by atoms with E-state index in [0.717, 1.165) is 67.1 Å². The first-order chi connectivity index (χ1) is 23.9. The van der Waals surface area contributed by atoms with Crippen molar-refractivity contribution in [1.82, 2.24) is 9.55 Å². The highest BCUT2D eigenvalue weighted by molar-refractivity contribution is 5.87. The van der Waals surface area contributed by atoms with Gasteiger partial charge in [-0.3, -0.25) is 14.4 Å². The Morgan fingerprint density at radius 1 is 1.06 bits per heavy atom. The molecule has 4 aliphatic carbocycles. The molecule has 7 unspecified atom stereocenters. The number of pyridine rings is 2. The van der Waals surface area contributed by atoms with Crippen LogP contribution in [0.4, 0.5) is 0 Å². The lowest BCUT2D eigenvalue weighted by atomic mass is 9.48. The lowest BCUT2D eigenvalue weighted by Gasteiger charge is -2.56. The standard InChI is InChI=1S/C21H30O3.C20H16N2O4/c1-13(22)24-15-8-10-20(2)14(12-15)4-5-16-17-6-7-19(23)21(17,3)11-9-18(16)20;1-2-20(25)14-8-16-17-12(7-11-5-3-4-6-15(11)21-17)9-22(16)18(23)13(14)10-26-19(20)24/h4,15-18H,5-12H2,1-3H3;3-8,25H,2,9-10H2,1H3. The lowest BCUT2D eigenvalue weighted by Crippen LogP contribution is -2.50. The number of fused-ring (bicyclic) bond motifs is 10. The monoisotopic (exact) mass is 678 g/mol. The summed E-state index contributed by atoms with van der Waals surface area (Å²) in [6.07, 6.45) is 11.0. The van der Waals surface area contributed by atoms with Gasteiger partial charge in [0.1, 0.15) is 18.5 Å². The van der Waals surface area contributed by atoms with Crippen molar-refractivity contribution in [3.05, 3.63) is 75.1 Å². The number of carbonyl (C=O) groups excluding carboxylic acids is 3. The van der Waals surface area contributed by atoms with E-state index in [1.807, 2.05) is 30.3 Å². The van der Waals surface area contributed by atoms with E-state index < -0.39 is 11.6 Å². The number of ketones is 1. The van der Waals surface area contributed by atoms with Crippen LogP contribution in [0.5, 0.6) is 0 Å². The van der Waals surface area contributed by atoms with E-state index in [1.54, 1.807) is 17.6 Å². The summed E-state index contributed by atoms with van der Waals surface area (Å²) in [6.45, 7) is 8.20. The van der Waals surface area contributed by atoms with Gasteiger partial charge < -0.3 is 19.1 Å². The molecule has 2 aliphatic heterocycles. The highest BCUT2D eigenvalue weighted by Gasteiger charge is 2.58. The Morgan fingerprint density at radius 2 is 1.82 bits per heavy atom. The van der Waals surface area contributed by atoms with Crippen LogP contribution in [-0.2, 0) is 42.6 Å². The van der Waals surface area contributed by atoms with Crippen LogP contribution in [0.15, 0.2) is 52.8 Å². The van der Waals surface area contributed by atoms with Gasteiger partial charge >= 0.3 is 11.9 Å². The van der Waals surface area contributed by atoms with Gasteiger partial charge in [0.15, 0.2) is 5.60 Å². The third-order valence-electron chi connectivity index (χ3n) is 13.5. The molecule has 50 heavy (non-hydrogen) atoms. The Labute approximate surface area is 292 Å². The second kappa shape index (κ2) is 11.7. The molecule has 0 bridgehead atoms. The van der Waals surface area contributed by atoms with Gasteiger partial charge in [0.25, 0.3) is 5.56 Å². The highest BCUT2D eigenvalue weighted by Crippen LogP contribution is 2.64. The number of aliphatic hydroxyl groups is 1. The van der Waals surface area contributed by atoms with E-state index in [4.69, 9.17) is 14.5 Å². The minimum Gasteiger partial charge on any atom is -0.462 e. The van der Waals surface area contributed by atoms with E-state index in [-0.39, 0.29) is 41.5 Å². The summed E-state index contributed by atoms with van der Waals surface area (Å²) in [7, 11) is 0. The average Bonchev–Trinajstić information content (AvgIpc) is 3.61. The molecule has 9 nitrogen and oxygen atoms in total. The molecule has 0 amide bonds. The molecule has 2 aromatic heterocycles. The molecule has 1 N–H and O–H groups in total. The van der Waals surface area contributed by atoms with Gasteiger partial charge in [-0.2, -0.15) is 0 Å². The Balaban J connectivity index is 0.000000145. The third-order valence-corrected chi connectivity index (χ3v) is 13.5. The molecule has 0 spiro atoms. The zero-order chi connectivity index (χ0) is 35.2. The number of esters is 2. The summed E-state index contributed by atoms with van der Waals surface area (Å²) in [5.41, 5.74) is 3.55. The van der Waals surface area contributed by atoms with Gasteiger partial charge in [0, 0.05) is 41.7 Å². The maximum Gasteiger partial charge on any atom is 0.343 e. The number of hydrogen-bond donors (Lipinski definition) is 1. The minimum absolute atomic E-state index is 0.0438. The fourth-order valence-corrected chi connectivity index (χ4v) is 10.7. The average molecular weight is 679 g/mol. The van der Waals surface area contributed by atoms with Crippen LogP contribution >= 0.6 is 0 Å². The van der Waals surface area contributed by atoms with Crippen molar-refractivity contribution in [2.75, 3.05) is 0 Å². The maximum atomic E-state index is 13.0. The van der Waals surface area contributed by atoms with Crippen molar-refractivity contribution in [1.29, 1.82) is 0 Å². The second-order valence-corrected chi connectivity index (χ2v) is 15.9. The number of allylic oxidation sites excluding steroid dienone is 1. The van der Waals surface area contributed by atoms with Crippen molar-refractivity contribution >= 4 is 28.6 Å². The number of hydrogen-bond acceptors (Lipinski definition) is 8. The minimum atomic E-state index is -1.79. The number of aromatic nitrogens is 2. The van der Waals surface area contributed by atoms with Gasteiger partial charge in [-0.1, -0.05) is 50.6 Å². The topological polar surface area (TPSA) is 125 Å². The van der Waals surface area contributed by atoms with Crippen molar-refractivity contribution < 1.29 is 29.0 Å². The third kappa shape index (κ3) is 4.86. The van der Waals surface area contributed by atoms with Crippen molar-refractivity contribution in [2.45, 2.75) is 110 Å². The van der Waals surface area contributed by atoms with Crippen LogP contribution in [0, 0.1) is 28.6 Å². The number of Topliss-reactive ketones (excluding diaryl/α,β-unsaturated/α-hetero) is 1. The number of nitrogens with zero attached hydrogens (tertiary/aromatic N) is 2. The summed E-state index contributed by atoms with van der Waals surface area (Å²) >= 11 is 0. The molecule has 9 heteroatoms. The number of para-hydroxylation sites is 1. The highest BCUT2D eigenvalue weighted by atomic mass is 16.6. The van der Waals surface area contributed by atoms with Crippen molar-refractivity contribution in [3.8, 4) is 11.4 Å². The molecule has 4 heterocycles. The van der Waals surface area contributed by atoms with Gasteiger partial charge in [0.2, 0.25) is 0 Å². The summed E-state index contributed by atoms with van der Waals surface area (Å²) in [5.74, 6) is 1.63. The number of cyclic esters (lactones) is 1. The quantitative estimate of drug-likeness (QED) is 0.188. The SMILES string of the molecule is CC(=O)OC1CCC2(C)C(=CCC3C4CCC(=O)C4(C)CCC32)C1.CCC1(O)C(=O)OCc2c1cc1n(c2=O)Cc2cc3ccccc3nc2-1. The van der Waals surface area contributed by atoms with Crippen LogP contribution < -0.4 is 5.56 Å². The normalized spacial score (nSPS) is 33.3. The molecule has 3 fully saturated rings. The first kappa shape index (κ1) is 33.1. The van der Waals surface area contributed by atoms with Crippen LogP contribution in [0.25, 0.3) is 22.3 Å². The first-order valence-electron chi connectivity index (χ1n) is 18.3. The van der Waals surface area contributed by atoms with Crippen molar-refractivity contribution in [3.63, 3.8) is 0 Å². The Bertz CT molecular complexity index is 2050. The lowest BCUT2D eigenvalue weighted by molar-refractivity contribution is -0.172. The summed E-state index contributed by atoms with van der Waals surface area (Å²) in [4.78, 5) is 53.6. The van der Waals surface area contributed by atoms with Crippen LogP contribution in [-0.4, -0.2) is 38.5 Å². The molecule has 0 saturated heterocycles. The predicted octanol–water partition coefficient (Wildman–Crippen LogP) is 6.53. The maximum absolute atomic E-state index is 13.0. The van der Waals surface area contributed by atoms with Gasteiger partial charge in [0.05, 0.1) is 29.0 Å². The smallest absolute Gasteiger partial charge is 0.343 e. The predicted molar refractivity (Wildman–Crippen MR) is 187 cm³/mol. The molecule has 0 radical (unpaired) electrons. The number of benzene rings is 1. The zero-order valence-corrected chi connectivity index (χ0v) is 29.4. The van der Waals surface area contributed by atoms with Gasteiger partial charge in [-0.25, -0.2) is 9.78 Å². The number of rotatable bonds is 2. The summed E-state index contributed by atoms with van der Waals surface area (Å²) < 4.78 is 12.2. The van der Waals surface area contributed by atoms with Crippen LogP contribution in [0.2, 0.25) is 0 Å². The Morgan fingerprint density at radius 3 is 2.60 bits per heavy atom. The molecule has 1 aromatic carbocycles. The van der Waals surface area contributed by atoms with Gasteiger partial charge in [-0.05, 0) is 86.3 Å². The summed E-state index contributed by atoms with van der Waals surface area (Å²) in [5, 5.41) is 11.8. The molecule has 3 saturated carbocycles. The Kier molecular flexibility index (Phi) is 7.75.